The molecule has 7 heteroatoms. The standard InChI is InChI=1S/C12H8N2O4.ClH/c15-10(12(16)17)11-7-5-13-14-9(7)6-3-1-2-4-8(6)18-11;/h1-4,15H,5H2,(H,16,17);1H. The maximum Gasteiger partial charge on any atom is 0.374 e. The Balaban J connectivity index is 0.00000133. The van der Waals surface area contributed by atoms with Crippen LogP contribution in [0.1, 0.15) is 5.56 Å². The maximum absolute atomic E-state index is 10.8. The van der Waals surface area contributed by atoms with Gasteiger partial charge in [0, 0.05) is 5.56 Å². The lowest BCUT2D eigenvalue weighted by atomic mass is 10.0. The van der Waals surface area contributed by atoms with Crippen LogP contribution in [0.3, 0.4) is 0 Å². The Morgan fingerprint density at radius 2 is 2.00 bits per heavy atom. The molecule has 2 N–H and O–H groups in total. The third-order valence-electron chi connectivity index (χ3n) is 2.73. The second-order valence-corrected chi connectivity index (χ2v) is 3.81. The van der Waals surface area contributed by atoms with E-state index in [2.05, 4.69) is 10.2 Å². The fraction of sp³-hybridized carbons (Fsp3) is 0.0833. The highest BCUT2D eigenvalue weighted by Gasteiger charge is 2.31. The summed E-state index contributed by atoms with van der Waals surface area (Å²) in [5.74, 6) is -1.89. The molecule has 0 aliphatic carbocycles. The number of halogens is 1. The van der Waals surface area contributed by atoms with Crippen molar-refractivity contribution in [3.63, 3.8) is 0 Å². The van der Waals surface area contributed by atoms with E-state index < -0.39 is 11.7 Å². The molecule has 0 atom stereocenters. The van der Waals surface area contributed by atoms with Gasteiger partial charge < -0.3 is 14.9 Å². The molecule has 3 rings (SSSR count). The van der Waals surface area contributed by atoms with Crippen LogP contribution in [0.15, 0.2) is 51.6 Å². The minimum atomic E-state index is -1.44. The lowest BCUT2D eigenvalue weighted by molar-refractivity contribution is -0.135. The number of carbonyl (C=O) groups is 1. The van der Waals surface area contributed by atoms with Crippen molar-refractivity contribution in [1.82, 2.24) is 0 Å². The average molecular weight is 281 g/mol. The number of benzene rings is 1. The van der Waals surface area contributed by atoms with Gasteiger partial charge >= 0.3 is 5.97 Å². The summed E-state index contributed by atoms with van der Waals surface area (Å²) >= 11 is 0. The Kier molecular flexibility index (Phi) is 3.26. The zero-order valence-corrected chi connectivity index (χ0v) is 10.3. The summed E-state index contributed by atoms with van der Waals surface area (Å²) in [6.45, 7) is 0.205. The van der Waals surface area contributed by atoms with Gasteiger partial charge in [0.05, 0.1) is 12.1 Å². The summed E-state index contributed by atoms with van der Waals surface area (Å²) in [7, 11) is 0. The van der Waals surface area contributed by atoms with Gasteiger partial charge in [-0.2, -0.15) is 10.2 Å². The first-order valence-electron chi connectivity index (χ1n) is 5.23. The molecule has 1 aromatic carbocycles. The molecule has 0 fully saturated rings. The number of azo groups is 1. The lowest BCUT2D eigenvalue weighted by Gasteiger charge is -2.20. The molecule has 0 radical (unpaired) electrons. The highest BCUT2D eigenvalue weighted by molar-refractivity contribution is 5.88. The van der Waals surface area contributed by atoms with Crippen molar-refractivity contribution in [2.24, 2.45) is 10.2 Å². The third kappa shape index (κ3) is 1.96. The largest absolute Gasteiger partial charge is 0.499 e. The zero-order chi connectivity index (χ0) is 12.7. The molecule has 1 aromatic rings. The normalized spacial score (nSPS) is 18.1. The number of aliphatic hydroxyl groups excluding tert-OH is 1. The number of fused-ring (bicyclic) bond motifs is 2. The van der Waals surface area contributed by atoms with Gasteiger partial charge in [-0.25, -0.2) is 4.79 Å². The van der Waals surface area contributed by atoms with E-state index >= 15 is 0 Å². The van der Waals surface area contributed by atoms with Gasteiger partial charge in [-0.15, -0.1) is 12.4 Å². The number of carboxylic acids is 1. The van der Waals surface area contributed by atoms with Gasteiger partial charge in [0.1, 0.15) is 11.4 Å². The highest BCUT2D eigenvalue weighted by Crippen LogP contribution is 2.41. The summed E-state index contributed by atoms with van der Waals surface area (Å²) in [5.41, 5.74) is 1.80. The van der Waals surface area contributed by atoms with Gasteiger partial charge in [0.25, 0.3) is 0 Å². The number of aliphatic carboxylic acids is 1. The minimum absolute atomic E-state index is 0. The second-order valence-electron chi connectivity index (χ2n) is 3.81. The molecular formula is C12H9ClN2O4. The van der Waals surface area contributed by atoms with Crippen LogP contribution in [0.4, 0.5) is 0 Å². The van der Waals surface area contributed by atoms with Crippen molar-refractivity contribution in [3.8, 4) is 5.75 Å². The Morgan fingerprint density at radius 1 is 1.26 bits per heavy atom. The summed E-state index contributed by atoms with van der Waals surface area (Å²) in [6.07, 6.45) is 0. The number of rotatable bonds is 1. The summed E-state index contributed by atoms with van der Waals surface area (Å²) in [4.78, 5) is 10.8. The van der Waals surface area contributed by atoms with Crippen molar-refractivity contribution in [2.45, 2.75) is 0 Å². The highest BCUT2D eigenvalue weighted by atomic mass is 35.5. The van der Waals surface area contributed by atoms with Gasteiger partial charge in [-0.3, -0.25) is 0 Å². The van der Waals surface area contributed by atoms with E-state index in [-0.39, 0.29) is 24.7 Å². The van der Waals surface area contributed by atoms with Crippen molar-refractivity contribution in [1.29, 1.82) is 0 Å². The van der Waals surface area contributed by atoms with E-state index in [4.69, 9.17) is 9.84 Å². The first-order valence-corrected chi connectivity index (χ1v) is 5.23. The van der Waals surface area contributed by atoms with Crippen LogP contribution in [-0.4, -0.2) is 22.7 Å². The Hall–Kier alpha value is -2.34. The van der Waals surface area contributed by atoms with Gasteiger partial charge in [-0.1, -0.05) is 12.1 Å². The number of nitrogens with zero attached hydrogens (tertiary/aromatic N) is 2. The summed E-state index contributed by atoms with van der Waals surface area (Å²) in [5, 5.41) is 26.2. The minimum Gasteiger partial charge on any atom is -0.499 e. The Morgan fingerprint density at radius 3 is 2.74 bits per heavy atom. The maximum atomic E-state index is 10.8. The van der Waals surface area contributed by atoms with Crippen molar-refractivity contribution < 1.29 is 19.7 Å². The Labute approximate surface area is 114 Å². The average Bonchev–Trinajstić information content (AvgIpc) is 2.86. The molecule has 0 bridgehead atoms. The SMILES string of the molecule is Cl.O=C(O)C(O)=C1Oc2ccccc2C2=C1CN=N2. The molecule has 0 amide bonds. The van der Waals surface area contributed by atoms with Gasteiger partial charge in [0.15, 0.2) is 5.76 Å². The molecule has 6 nitrogen and oxygen atoms in total. The number of aliphatic hydroxyl groups is 1. The van der Waals surface area contributed by atoms with Crippen molar-refractivity contribution >= 4 is 24.1 Å². The summed E-state index contributed by atoms with van der Waals surface area (Å²) in [6, 6.07) is 7.07. The molecule has 0 spiro atoms. The molecular weight excluding hydrogens is 272 g/mol. The molecule has 0 unspecified atom stereocenters. The molecule has 0 saturated carbocycles. The van der Waals surface area contributed by atoms with Gasteiger partial charge in [-0.05, 0) is 12.1 Å². The zero-order valence-electron chi connectivity index (χ0n) is 9.53. The van der Waals surface area contributed by atoms with Crippen LogP contribution in [0, 0.1) is 0 Å². The number of carboxylic acid groups (broad SMARTS) is 1. The smallest absolute Gasteiger partial charge is 0.374 e. The topological polar surface area (TPSA) is 91.5 Å². The van der Waals surface area contributed by atoms with Crippen LogP contribution in [0.25, 0.3) is 5.70 Å². The van der Waals surface area contributed by atoms with Crippen LogP contribution >= 0.6 is 12.4 Å². The Bertz CT molecular complexity index is 649. The van der Waals surface area contributed by atoms with Crippen LogP contribution in [0.5, 0.6) is 5.75 Å². The predicted octanol–water partition coefficient (Wildman–Crippen LogP) is 2.53. The van der Waals surface area contributed by atoms with Crippen LogP contribution < -0.4 is 4.74 Å². The number of ether oxygens (including phenoxy) is 1. The number of para-hydroxylation sites is 1. The monoisotopic (exact) mass is 280 g/mol. The van der Waals surface area contributed by atoms with Crippen molar-refractivity contribution in [2.75, 3.05) is 6.54 Å². The predicted molar refractivity (Wildman–Crippen MR) is 68.3 cm³/mol. The van der Waals surface area contributed by atoms with E-state index in [0.29, 0.717) is 17.0 Å². The number of hydrogen-bond donors (Lipinski definition) is 2. The molecule has 0 aromatic heterocycles. The molecule has 2 aliphatic heterocycles. The fourth-order valence-corrected chi connectivity index (χ4v) is 1.92. The van der Waals surface area contributed by atoms with Crippen molar-refractivity contribution in [3.05, 3.63) is 46.9 Å². The quantitative estimate of drug-likeness (QED) is 0.611. The molecule has 2 aliphatic rings. The van der Waals surface area contributed by atoms with E-state index in [0.717, 1.165) is 5.56 Å². The second kappa shape index (κ2) is 4.74. The van der Waals surface area contributed by atoms with Crippen LogP contribution in [0.2, 0.25) is 0 Å². The van der Waals surface area contributed by atoms with E-state index in [1.165, 1.54) is 0 Å². The third-order valence-corrected chi connectivity index (χ3v) is 2.73. The first-order chi connectivity index (χ1) is 8.68. The van der Waals surface area contributed by atoms with Gasteiger partial charge in [0.2, 0.25) is 5.76 Å². The molecule has 19 heavy (non-hydrogen) atoms. The fourth-order valence-electron chi connectivity index (χ4n) is 1.92. The summed E-state index contributed by atoms with van der Waals surface area (Å²) < 4.78 is 5.44. The van der Waals surface area contributed by atoms with Crippen LogP contribution in [-0.2, 0) is 4.79 Å². The van der Waals surface area contributed by atoms with E-state index in [9.17, 15) is 9.90 Å². The first kappa shape index (κ1) is 13.1. The molecule has 0 saturated heterocycles. The van der Waals surface area contributed by atoms with E-state index in [1.807, 2.05) is 12.1 Å². The van der Waals surface area contributed by atoms with E-state index in [1.54, 1.807) is 12.1 Å². The molecule has 2 heterocycles. The molecule has 98 valence electrons. The number of hydrogen-bond acceptors (Lipinski definition) is 5. The lowest BCUT2D eigenvalue weighted by Crippen LogP contribution is -2.15.